The molecule has 0 aromatic heterocycles. The van der Waals surface area contributed by atoms with Crippen LogP contribution in [0.5, 0.6) is 0 Å². The Morgan fingerprint density at radius 1 is 0.879 bits per heavy atom. The lowest BCUT2D eigenvalue weighted by atomic mass is 9.87. The molecule has 3 aliphatic carbocycles. The molecule has 2 atom stereocenters. The molecular formula is C30H35N3. The first-order valence-electron chi connectivity index (χ1n) is 13.0. The van der Waals surface area contributed by atoms with Gasteiger partial charge in [0.15, 0.2) is 0 Å². The minimum absolute atomic E-state index is 0.350. The fraction of sp³-hybridized carbons (Fsp3) is 0.433. The molecule has 2 heterocycles. The Bertz CT molecular complexity index is 1110. The molecule has 0 radical (unpaired) electrons. The number of allylic oxidation sites excluding steroid dienone is 6. The fourth-order valence-electron chi connectivity index (χ4n) is 6.36. The number of benzene rings is 1. The number of aliphatic imine (C=N–C) groups is 1. The number of nitrogens with zero attached hydrogens (tertiary/aromatic N) is 3. The molecule has 2 unspecified atom stereocenters. The Morgan fingerprint density at radius 2 is 1.73 bits per heavy atom. The highest BCUT2D eigenvalue weighted by atomic mass is 15.3. The van der Waals surface area contributed by atoms with Gasteiger partial charge >= 0.3 is 0 Å². The second-order valence-corrected chi connectivity index (χ2v) is 10.0. The van der Waals surface area contributed by atoms with E-state index in [1.54, 1.807) is 11.3 Å². The van der Waals surface area contributed by atoms with Gasteiger partial charge in [-0.15, -0.1) is 0 Å². The molecule has 0 bridgehead atoms. The van der Waals surface area contributed by atoms with E-state index in [-0.39, 0.29) is 0 Å². The second kappa shape index (κ2) is 8.85. The Morgan fingerprint density at radius 3 is 2.55 bits per heavy atom. The predicted octanol–water partition coefficient (Wildman–Crippen LogP) is 7.60. The molecule has 0 fully saturated rings. The van der Waals surface area contributed by atoms with Gasteiger partial charge in [-0.3, -0.25) is 4.99 Å². The normalized spacial score (nSPS) is 27.0. The summed E-state index contributed by atoms with van der Waals surface area (Å²) < 4.78 is 0. The lowest BCUT2D eigenvalue weighted by molar-refractivity contribution is 0.587. The molecule has 0 amide bonds. The van der Waals surface area contributed by atoms with Crippen molar-refractivity contribution in [2.24, 2.45) is 4.99 Å². The molecule has 170 valence electrons. The monoisotopic (exact) mass is 437 g/mol. The number of hydrogen-bond acceptors (Lipinski definition) is 3. The minimum atomic E-state index is 0.350. The summed E-state index contributed by atoms with van der Waals surface area (Å²) in [7, 11) is 0. The summed E-state index contributed by atoms with van der Waals surface area (Å²) in [4.78, 5) is 10.5. The van der Waals surface area contributed by atoms with Crippen molar-refractivity contribution in [3.05, 3.63) is 83.4 Å². The highest BCUT2D eigenvalue weighted by Gasteiger charge is 2.37. The van der Waals surface area contributed by atoms with Gasteiger partial charge < -0.3 is 9.80 Å². The van der Waals surface area contributed by atoms with E-state index in [1.165, 1.54) is 60.6 Å². The van der Waals surface area contributed by atoms with Crippen LogP contribution in [0.15, 0.2) is 88.4 Å². The zero-order valence-corrected chi connectivity index (χ0v) is 19.8. The molecule has 6 rings (SSSR count). The standard InChI is InChI=1S/C30H35N3/c1-22-12-11-16-25(31-22)24-15-5-6-17-26(24)33-29-20-9-7-18-27(29)32(23-13-3-2-4-14-23)28-19-8-10-21-30(28)33/h2-4,6-7,9,13,17-18,20,23,25H,5,8,10-12,14-16,19,21H2,1H3. The zero-order chi connectivity index (χ0) is 22.2. The van der Waals surface area contributed by atoms with Crippen LogP contribution >= 0.6 is 0 Å². The lowest BCUT2D eigenvalue weighted by Crippen LogP contribution is -2.43. The second-order valence-electron chi connectivity index (χ2n) is 10.0. The number of fused-ring (bicyclic) bond motifs is 1. The van der Waals surface area contributed by atoms with Gasteiger partial charge in [-0.05, 0) is 94.9 Å². The average molecular weight is 438 g/mol. The Balaban J connectivity index is 1.53. The SMILES string of the molecule is CC1=NC(C2=C(N3C4=C(CCCC4)N(C4C=CC=CC4)c4ccccc43)C=CCC2)CCC1. The first kappa shape index (κ1) is 20.8. The molecule has 0 saturated heterocycles. The average Bonchev–Trinajstić information content (AvgIpc) is 2.88. The summed E-state index contributed by atoms with van der Waals surface area (Å²) in [5.74, 6) is 0. The third kappa shape index (κ3) is 3.72. The van der Waals surface area contributed by atoms with Crippen LogP contribution in [0, 0.1) is 0 Å². The van der Waals surface area contributed by atoms with Gasteiger partial charge in [-0.2, -0.15) is 0 Å². The maximum Gasteiger partial charge on any atom is 0.0731 e. The molecule has 33 heavy (non-hydrogen) atoms. The van der Waals surface area contributed by atoms with Crippen LogP contribution in [0.4, 0.5) is 11.4 Å². The Hall–Kier alpha value is -2.81. The Labute approximate surface area is 198 Å². The number of anilines is 2. The van der Waals surface area contributed by atoms with Crippen LogP contribution in [0.3, 0.4) is 0 Å². The molecule has 0 spiro atoms. The molecule has 3 nitrogen and oxygen atoms in total. The van der Waals surface area contributed by atoms with E-state index < -0.39 is 0 Å². The van der Waals surface area contributed by atoms with Crippen LogP contribution in [0.1, 0.15) is 71.1 Å². The molecular weight excluding hydrogens is 402 g/mol. The van der Waals surface area contributed by atoms with Crippen LogP contribution in [-0.4, -0.2) is 17.8 Å². The van der Waals surface area contributed by atoms with E-state index in [0.717, 1.165) is 32.1 Å². The van der Waals surface area contributed by atoms with Crippen molar-refractivity contribution in [1.29, 1.82) is 0 Å². The van der Waals surface area contributed by atoms with E-state index in [1.807, 2.05) is 0 Å². The zero-order valence-electron chi connectivity index (χ0n) is 19.8. The number of hydrogen-bond donors (Lipinski definition) is 0. The third-order valence-corrected chi connectivity index (χ3v) is 7.86. The highest BCUT2D eigenvalue weighted by molar-refractivity contribution is 5.84. The summed E-state index contributed by atoms with van der Waals surface area (Å²) >= 11 is 0. The van der Waals surface area contributed by atoms with Crippen LogP contribution in [0.25, 0.3) is 0 Å². The fourth-order valence-corrected chi connectivity index (χ4v) is 6.36. The van der Waals surface area contributed by atoms with Gasteiger partial charge in [0.25, 0.3) is 0 Å². The van der Waals surface area contributed by atoms with Crippen molar-refractivity contribution in [2.45, 2.75) is 83.2 Å². The van der Waals surface area contributed by atoms with Crippen LogP contribution < -0.4 is 9.80 Å². The van der Waals surface area contributed by atoms with Gasteiger partial charge in [0.05, 0.1) is 23.5 Å². The van der Waals surface area contributed by atoms with Gasteiger partial charge in [0, 0.05) is 22.8 Å². The predicted molar refractivity (Wildman–Crippen MR) is 140 cm³/mol. The molecule has 0 N–H and O–H groups in total. The van der Waals surface area contributed by atoms with Crippen molar-refractivity contribution in [3.8, 4) is 0 Å². The lowest BCUT2D eigenvalue weighted by Gasteiger charge is -2.47. The van der Waals surface area contributed by atoms with Gasteiger partial charge in [-0.25, -0.2) is 0 Å². The van der Waals surface area contributed by atoms with Gasteiger partial charge in [0.1, 0.15) is 0 Å². The first-order chi connectivity index (χ1) is 16.3. The molecule has 5 aliphatic rings. The van der Waals surface area contributed by atoms with E-state index >= 15 is 0 Å². The molecule has 0 saturated carbocycles. The van der Waals surface area contributed by atoms with Crippen molar-refractivity contribution in [2.75, 3.05) is 9.80 Å². The van der Waals surface area contributed by atoms with E-state index in [2.05, 4.69) is 77.4 Å². The molecule has 3 heteroatoms. The summed E-state index contributed by atoms with van der Waals surface area (Å²) in [5.41, 5.74) is 10.1. The van der Waals surface area contributed by atoms with Gasteiger partial charge in [-0.1, -0.05) is 42.5 Å². The van der Waals surface area contributed by atoms with E-state index in [0.29, 0.717) is 12.1 Å². The minimum Gasteiger partial charge on any atom is -0.334 e. The third-order valence-electron chi connectivity index (χ3n) is 7.86. The molecule has 2 aliphatic heterocycles. The topological polar surface area (TPSA) is 18.8 Å². The molecule has 1 aromatic carbocycles. The summed E-state index contributed by atoms with van der Waals surface area (Å²) in [6.07, 6.45) is 25.7. The first-order valence-corrected chi connectivity index (χ1v) is 13.0. The maximum atomic E-state index is 5.15. The van der Waals surface area contributed by atoms with Crippen molar-refractivity contribution < 1.29 is 0 Å². The molecule has 1 aromatic rings. The van der Waals surface area contributed by atoms with Crippen molar-refractivity contribution in [1.82, 2.24) is 0 Å². The summed E-state index contributed by atoms with van der Waals surface area (Å²) in [5, 5.41) is 0. The van der Waals surface area contributed by atoms with Crippen molar-refractivity contribution in [3.63, 3.8) is 0 Å². The van der Waals surface area contributed by atoms with Crippen molar-refractivity contribution >= 4 is 17.1 Å². The number of rotatable bonds is 3. The quantitative estimate of drug-likeness (QED) is 0.485. The van der Waals surface area contributed by atoms with Crippen LogP contribution in [-0.2, 0) is 0 Å². The van der Waals surface area contributed by atoms with Gasteiger partial charge in [0.2, 0.25) is 0 Å². The van der Waals surface area contributed by atoms with E-state index in [9.17, 15) is 0 Å². The smallest absolute Gasteiger partial charge is 0.0731 e. The largest absolute Gasteiger partial charge is 0.334 e. The number of para-hydroxylation sites is 2. The summed E-state index contributed by atoms with van der Waals surface area (Å²) in [6.45, 7) is 2.22. The highest BCUT2D eigenvalue weighted by Crippen LogP contribution is 2.49. The van der Waals surface area contributed by atoms with E-state index in [4.69, 9.17) is 4.99 Å². The maximum absolute atomic E-state index is 5.15. The Kier molecular flexibility index (Phi) is 5.57. The summed E-state index contributed by atoms with van der Waals surface area (Å²) in [6, 6.07) is 9.85. The van der Waals surface area contributed by atoms with Crippen LogP contribution in [0.2, 0.25) is 0 Å².